The maximum atomic E-state index is 11.5. The lowest BCUT2D eigenvalue weighted by molar-refractivity contribution is 0.289. The first kappa shape index (κ1) is 19.3. The first-order valence-corrected chi connectivity index (χ1v) is 11.9. The van der Waals surface area contributed by atoms with Crippen molar-refractivity contribution in [1.82, 2.24) is 0 Å². The van der Waals surface area contributed by atoms with Crippen LogP contribution in [0.2, 0.25) is 0 Å². The van der Waals surface area contributed by atoms with E-state index in [4.69, 9.17) is 0 Å². The maximum Gasteiger partial charge on any atom is 0.123 e. The van der Waals surface area contributed by atoms with Gasteiger partial charge in [-0.05, 0) is 60.8 Å². The molecular weight excluding hydrogens is 328 g/mol. The van der Waals surface area contributed by atoms with E-state index < -0.39 is 0 Å². The molecule has 3 aliphatic rings. The summed E-state index contributed by atoms with van der Waals surface area (Å²) in [5, 5.41) is 11.5. The summed E-state index contributed by atoms with van der Waals surface area (Å²) in [5.41, 5.74) is 4.50. The second kappa shape index (κ2) is 7.80. The van der Waals surface area contributed by atoms with Gasteiger partial charge in [-0.3, -0.25) is 0 Å². The van der Waals surface area contributed by atoms with Gasteiger partial charge in [0.25, 0.3) is 0 Å². The minimum atomic E-state index is 0.173. The molecule has 1 N–H and O–H groups in total. The van der Waals surface area contributed by atoms with Crippen LogP contribution in [-0.2, 0) is 10.8 Å². The Balaban J connectivity index is 1.80. The Bertz CT molecular complexity index is 595. The monoisotopic (exact) mass is 368 g/mol. The highest BCUT2D eigenvalue weighted by molar-refractivity contribution is 5.52. The number of rotatable bonds is 3. The van der Waals surface area contributed by atoms with Crippen LogP contribution in [0.3, 0.4) is 0 Å². The summed E-state index contributed by atoms with van der Waals surface area (Å²) in [7, 11) is 0. The maximum absolute atomic E-state index is 11.5. The van der Waals surface area contributed by atoms with Crippen LogP contribution in [0.1, 0.15) is 133 Å². The van der Waals surface area contributed by atoms with Crippen molar-refractivity contribution in [3.63, 3.8) is 0 Å². The standard InChI is InChI=1S/C26H40O/c1-25(14-8-4-9-15-25)22-18-21(20-12-6-3-7-13-20)19-23(24(22)27)26(2)16-10-5-11-17-26/h18-20,27H,3-17H2,1-2H3. The molecule has 1 heteroatoms. The fraction of sp³-hybridized carbons (Fsp3) is 0.769. The van der Waals surface area contributed by atoms with E-state index in [1.165, 1.54) is 107 Å². The first-order chi connectivity index (χ1) is 13.0. The Morgan fingerprint density at radius 2 is 1.07 bits per heavy atom. The van der Waals surface area contributed by atoms with Crippen molar-refractivity contribution < 1.29 is 5.11 Å². The van der Waals surface area contributed by atoms with Gasteiger partial charge in [-0.15, -0.1) is 0 Å². The van der Waals surface area contributed by atoms with E-state index in [0.717, 1.165) is 5.92 Å². The Morgan fingerprint density at radius 3 is 1.52 bits per heavy atom. The van der Waals surface area contributed by atoms with E-state index in [0.29, 0.717) is 5.75 Å². The zero-order valence-electron chi connectivity index (χ0n) is 17.8. The van der Waals surface area contributed by atoms with Crippen molar-refractivity contribution in [3.05, 3.63) is 28.8 Å². The smallest absolute Gasteiger partial charge is 0.123 e. The third-order valence-electron chi connectivity index (χ3n) is 8.42. The van der Waals surface area contributed by atoms with Crippen LogP contribution in [0.25, 0.3) is 0 Å². The zero-order chi connectivity index (χ0) is 18.9. The third-order valence-corrected chi connectivity index (χ3v) is 8.42. The molecule has 0 aliphatic heterocycles. The molecule has 0 aromatic heterocycles. The third kappa shape index (κ3) is 3.81. The van der Waals surface area contributed by atoms with Crippen molar-refractivity contribution in [2.45, 2.75) is 127 Å². The molecule has 0 unspecified atom stereocenters. The molecular formula is C26H40O. The number of phenolic OH excluding ortho intramolecular Hbond substituents is 1. The van der Waals surface area contributed by atoms with Crippen LogP contribution >= 0.6 is 0 Å². The summed E-state index contributed by atoms with van der Waals surface area (Å²) in [4.78, 5) is 0. The molecule has 0 radical (unpaired) electrons. The number of benzene rings is 1. The van der Waals surface area contributed by atoms with Gasteiger partial charge in [-0.1, -0.05) is 83.8 Å². The number of aromatic hydroxyl groups is 1. The van der Waals surface area contributed by atoms with Gasteiger partial charge in [0.05, 0.1) is 0 Å². The van der Waals surface area contributed by atoms with Crippen LogP contribution < -0.4 is 0 Å². The van der Waals surface area contributed by atoms with E-state index in [1.807, 2.05) is 0 Å². The molecule has 0 spiro atoms. The average molecular weight is 369 g/mol. The highest BCUT2D eigenvalue weighted by Gasteiger charge is 2.37. The number of hydrogen-bond donors (Lipinski definition) is 1. The quantitative estimate of drug-likeness (QED) is 0.575. The first-order valence-electron chi connectivity index (χ1n) is 11.9. The Labute approximate surface area is 167 Å². The van der Waals surface area contributed by atoms with Crippen LogP contribution in [0.4, 0.5) is 0 Å². The molecule has 1 aromatic rings. The van der Waals surface area contributed by atoms with Gasteiger partial charge in [-0.25, -0.2) is 0 Å². The molecule has 1 aromatic carbocycles. The van der Waals surface area contributed by atoms with Gasteiger partial charge in [0.15, 0.2) is 0 Å². The second-order valence-corrected chi connectivity index (χ2v) is 10.5. The predicted octanol–water partition coefficient (Wildman–Crippen LogP) is 7.88. The van der Waals surface area contributed by atoms with E-state index in [1.54, 1.807) is 5.56 Å². The molecule has 0 amide bonds. The molecule has 3 saturated carbocycles. The van der Waals surface area contributed by atoms with E-state index in [2.05, 4.69) is 26.0 Å². The van der Waals surface area contributed by atoms with Crippen molar-refractivity contribution in [1.29, 1.82) is 0 Å². The fourth-order valence-corrected chi connectivity index (χ4v) is 6.45. The van der Waals surface area contributed by atoms with E-state index >= 15 is 0 Å². The summed E-state index contributed by atoms with van der Waals surface area (Å²) in [6, 6.07) is 4.90. The van der Waals surface area contributed by atoms with Gasteiger partial charge >= 0.3 is 0 Å². The highest BCUT2D eigenvalue weighted by Crippen LogP contribution is 2.50. The van der Waals surface area contributed by atoms with E-state index in [-0.39, 0.29) is 10.8 Å². The van der Waals surface area contributed by atoms with Gasteiger partial charge in [-0.2, -0.15) is 0 Å². The Hall–Kier alpha value is -0.980. The normalized spacial score (nSPS) is 26.0. The molecule has 27 heavy (non-hydrogen) atoms. The molecule has 0 heterocycles. The lowest BCUT2D eigenvalue weighted by atomic mass is 9.65. The SMILES string of the molecule is CC1(c2cc(C3CCCCC3)cc(C3(C)CCCCC3)c2O)CCCCC1. The summed E-state index contributed by atoms with van der Waals surface area (Å²) in [6.45, 7) is 4.86. The van der Waals surface area contributed by atoms with Crippen LogP contribution in [0.5, 0.6) is 5.75 Å². The molecule has 0 saturated heterocycles. The van der Waals surface area contributed by atoms with E-state index in [9.17, 15) is 5.11 Å². The molecule has 0 atom stereocenters. The van der Waals surface area contributed by atoms with Gasteiger partial charge in [0.2, 0.25) is 0 Å². The molecule has 4 rings (SSSR count). The van der Waals surface area contributed by atoms with Crippen molar-refractivity contribution in [2.24, 2.45) is 0 Å². The van der Waals surface area contributed by atoms with Crippen LogP contribution in [0, 0.1) is 0 Å². The second-order valence-electron chi connectivity index (χ2n) is 10.5. The molecule has 1 nitrogen and oxygen atoms in total. The zero-order valence-corrected chi connectivity index (χ0v) is 17.8. The van der Waals surface area contributed by atoms with Crippen molar-refractivity contribution in [2.75, 3.05) is 0 Å². The topological polar surface area (TPSA) is 20.2 Å². The summed E-state index contributed by atoms with van der Waals surface area (Å²) < 4.78 is 0. The average Bonchev–Trinajstić information content (AvgIpc) is 2.70. The molecule has 3 aliphatic carbocycles. The highest BCUT2D eigenvalue weighted by atomic mass is 16.3. The van der Waals surface area contributed by atoms with Crippen LogP contribution in [-0.4, -0.2) is 5.11 Å². The van der Waals surface area contributed by atoms with Gasteiger partial charge in [0, 0.05) is 11.1 Å². The van der Waals surface area contributed by atoms with Crippen molar-refractivity contribution >= 4 is 0 Å². The molecule has 3 fully saturated rings. The molecule has 150 valence electrons. The Morgan fingerprint density at radius 1 is 0.667 bits per heavy atom. The lowest BCUT2D eigenvalue weighted by Crippen LogP contribution is -2.29. The lowest BCUT2D eigenvalue weighted by Gasteiger charge is -2.40. The fourth-order valence-electron chi connectivity index (χ4n) is 6.45. The largest absolute Gasteiger partial charge is 0.507 e. The summed E-state index contributed by atoms with van der Waals surface area (Å²) in [5.74, 6) is 1.39. The summed E-state index contributed by atoms with van der Waals surface area (Å²) in [6.07, 6.45) is 19.8. The minimum Gasteiger partial charge on any atom is -0.507 e. The van der Waals surface area contributed by atoms with Gasteiger partial charge < -0.3 is 5.11 Å². The van der Waals surface area contributed by atoms with Crippen LogP contribution in [0.15, 0.2) is 12.1 Å². The number of hydrogen-bond acceptors (Lipinski definition) is 1. The predicted molar refractivity (Wildman–Crippen MR) is 115 cm³/mol. The Kier molecular flexibility index (Phi) is 5.59. The number of phenols is 1. The summed E-state index contributed by atoms with van der Waals surface area (Å²) >= 11 is 0. The minimum absolute atomic E-state index is 0.173. The van der Waals surface area contributed by atoms with Gasteiger partial charge in [0.1, 0.15) is 5.75 Å². The molecule has 0 bridgehead atoms. The van der Waals surface area contributed by atoms with Crippen molar-refractivity contribution in [3.8, 4) is 5.75 Å².